The highest BCUT2D eigenvalue weighted by Crippen LogP contribution is 2.28. The molecule has 4 heteroatoms. The average Bonchev–Trinajstić information content (AvgIpc) is 2.93. The first-order chi connectivity index (χ1) is 12.1. The van der Waals surface area contributed by atoms with Crippen LogP contribution in [0.4, 0.5) is 0 Å². The number of fused-ring (bicyclic) bond motifs is 1. The molecule has 132 valence electrons. The zero-order valence-corrected chi connectivity index (χ0v) is 16.2. The van der Waals surface area contributed by atoms with E-state index in [1.165, 1.54) is 22.9 Å². The van der Waals surface area contributed by atoms with Gasteiger partial charge in [0.15, 0.2) is 0 Å². The molecule has 0 saturated carbocycles. The van der Waals surface area contributed by atoms with Crippen molar-refractivity contribution in [2.45, 2.75) is 33.4 Å². The second kappa shape index (κ2) is 8.27. The van der Waals surface area contributed by atoms with Crippen molar-refractivity contribution in [3.8, 4) is 0 Å². The summed E-state index contributed by atoms with van der Waals surface area (Å²) in [7, 11) is 0. The number of para-hydroxylation sites is 1. The van der Waals surface area contributed by atoms with E-state index in [1.807, 2.05) is 18.2 Å². The van der Waals surface area contributed by atoms with E-state index in [0.717, 1.165) is 24.6 Å². The summed E-state index contributed by atoms with van der Waals surface area (Å²) in [6.45, 7) is 7.08. The smallest absolute Gasteiger partial charge is 0.0505 e. The zero-order chi connectivity index (χ0) is 17.8. The third-order valence-electron chi connectivity index (χ3n) is 4.48. The molecule has 0 bridgehead atoms. The Morgan fingerprint density at radius 3 is 2.44 bits per heavy atom. The molecular weight excluding hydrogens is 351 g/mol. The summed E-state index contributed by atoms with van der Waals surface area (Å²) in [4.78, 5) is 0. The van der Waals surface area contributed by atoms with Crippen molar-refractivity contribution in [3.05, 3.63) is 69.8 Å². The molecule has 0 aliphatic carbocycles. The molecule has 1 N–H and O–H groups in total. The normalized spacial score (nSPS) is 11.6. The molecule has 25 heavy (non-hydrogen) atoms. The van der Waals surface area contributed by atoms with Gasteiger partial charge in [-0.25, -0.2) is 0 Å². The fourth-order valence-corrected chi connectivity index (χ4v) is 3.58. The minimum Gasteiger partial charge on any atom is -0.343 e. The van der Waals surface area contributed by atoms with Crippen LogP contribution in [0.15, 0.2) is 48.7 Å². The predicted molar refractivity (Wildman–Crippen MR) is 109 cm³/mol. The van der Waals surface area contributed by atoms with Crippen molar-refractivity contribution >= 4 is 34.1 Å². The van der Waals surface area contributed by atoms with Crippen molar-refractivity contribution in [1.29, 1.82) is 0 Å². The lowest BCUT2D eigenvalue weighted by Gasteiger charge is -2.09. The first kappa shape index (κ1) is 18.3. The van der Waals surface area contributed by atoms with Crippen LogP contribution in [-0.4, -0.2) is 11.1 Å². The number of benzene rings is 2. The topological polar surface area (TPSA) is 17.0 Å². The van der Waals surface area contributed by atoms with Crippen LogP contribution in [0.5, 0.6) is 0 Å². The molecule has 1 aromatic heterocycles. The van der Waals surface area contributed by atoms with Gasteiger partial charge in [-0.2, -0.15) is 0 Å². The first-order valence-corrected chi connectivity index (χ1v) is 9.52. The summed E-state index contributed by atoms with van der Waals surface area (Å²) in [5.41, 5.74) is 3.48. The van der Waals surface area contributed by atoms with Crippen LogP contribution in [0, 0.1) is 5.92 Å². The van der Waals surface area contributed by atoms with Crippen LogP contribution in [0.3, 0.4) is 0 Å². The van der Waals surface area contributed by atoms with Gasteiger partial charge in [-0.3, -0.25) is 0 Å². The van der Waals surface area contributed by atoms with Crippen molar-refractivity contribution < 1.29 is 0 Å². The lowest BCUT2D eigenvalue weighted by Crippen LogP contribution is -2.16. The number of nitrogens with zero attached hydrogens (tertiary/aromatic N) is 1. The lowest BCUT2D eigenvalue weighted by molar-refractivity contribution is 0.538. The van der Waals surface area contributed by atoms with Crippen molar-refractivity contribution in [2.75, 3.05) is 6.54 Å². The molecular formula is C21H24Cl2N2. The Morgan fingerprint density at radius 2 is 1.72 bits per heavy atom. The second-order valence-electron chi connectivity index (χ2n) is 6.86. The molecule has 0 unspecified atom stereocenters. The maximum Gasteiger partial charge on any atom is 0.0505 e. The maximum absolute atomic E-state index is 6.36. The minimum atomic E-state index is 0.672. The van der Waals surface area contributed by atoms with Gasteiger partial charge in [0, 0.05) is 39.3 Å². The molecule has 0 aliphatic rings. The Hall–Kier alpha value is -1.48. The largest absolute Gasteiger partial charge is 0.343 e. The van der Waals surface area contributed by atoms with E-state index in [4.69, 9.17) is 23.2 Å². The Kier molecular flexibility index (Phi) is 6.06. The highest BCUT2D eigenvalue weighted by Gasteiger charge is 2.11. The molecule has 0 saturated heterocycles. The predicted octanol–water partition coefficient (Wildman–Crippen LogP) is 6.13. The molecule has 0 amide bonds. The van der Waals surface area contributed by atoms with Gasteiger partial charge < -0.3 is 9.88 Å². The molecule has 2 nitrogen and oxygen atoms in total. The third kappa shape index (κ3) is 4.38. The highest BCUT2D eigenvalue weighted by molar-refractivity contribution is 6.36. The maximum atomic E-state index is 6.36. The quantitative estimate of drug-likeness (QED) is 0.492. The zero-order valence-electron chi connectivity index (χ0n) is 14.7. The molecule has 0 fully saturated rings. The second-order valence-corrected chi connectivity index (χ2v) is 7.67. The van der Waals surface area contributed by atoms with E-state index in [2.05, 4.69) is 54.2 Å². The van der Waals surface area contributed by atoms with Gasteiger partial charge in [0.1, 0.15) is 0 Å². The van der Waals surface area contributed by atoms with Gasteiger partial charge >= 0.3 is 0 Å². The number of hydrogen-bond acceptors (Lipinski definition) is 1. The van der Waals surface area contributed by atoms with Gasteiger partial charge in [0.2, 0.25) is 0 Å². The van der Waals surface area contributed by atoms with Gasteiger partial charge in [-0.05, 0) is 42.6 Å². The SMILES string of the molecule is CC(C)CCNCc1cn(Cc2c(Cl)cccc2Cl)c2ccccc12. The monoisotopic (exact) mass is 374 g/mol. The molecule has 0 atom stereocenters. The van der Waals surface area contributed by atoms with E-state index in [0.29, 0.717) is 16.6 Å². The fraction of sp³-hybridized carbons (Fsp3) is 0.333. The van der Waals surface area contributed by atoms with Crippen molar-refractivity contribution in [3.63, 3.8) is 0 Å². The van der Waals surface area contributed by atoms with E-state index < -0.39 is 0 Å². The van der Waals surface area contributed by atoms with E-state index in [1.54, 1.807) is 0 Å². The van der Waals surface area contributed by atoms with E-state index in [-0.39, 0.29) is 0 Å². The van der Waals surface area contributed by atoms with Gasteiger partial charge in [-0.1, -0.05) is 61.3 Å². The van der Waals surface area contributed by atoms with Crippen LogP contribution in [0.25, 0.3) is 10.9 Å². The van der Waals surface area contributed by atoms with Crippen LogP contribution >= 0.6 is 23.2 Å². The molecule has 0 radical (unpaired) electrons. The van der Waals surface area contributed by atoms with Gasteiger partial charge in [0.05, 0.1) is 6.54 Å². The Bertz CT molecular complexity index is 832. The first-order valence-electron chi connectivity index (χ1n) is 8.76. The molecule has 0 spiro atoms. The summed E-state index contributed by atoms with van der Waals surface area (Å²) in [5.74, 6) is 0.719. The number of hydrogen-bond donors (Lipinski definition) is 1. The van der Waals surface area contributed by atoms with E-state index >= 15 is 0 Å². The summed E-state index contributed by atoms with van der Waals surface area (Å²) in [6, 6.07) is 14.2. The standard InChI is InChI=1S/C21H24Cl2N2/c1-15(2)10-11-24-12-16-13-25(21-9-4-3-6-17(16)21)14-18-19(22)7-5-8-20(18)23/h3-9,13,15,24H,10-12,14H2,1-2H3. The van der Waals surface area contributed by atoms with Gasteiger partial charge in [0.25, 0.3) is 0 Å². The number of nitrogens with one attached hydrogen (secondary N) is 1. The van der Waals surface area contributed by atoms with Crippen LogP contribution in [0.2, 0.25) is 10.0 Å². The molecule has 2 aromatic carbocycles. The van der Waals surface area contributed by atoms with Crippen LogP contribution in [0.1, 0.15) is 31.4 Å². The third-order valence-corrected chi connectivity index (χ3v) is 5.18. The number of rotatable bonds is 7. The summed E-state index contributed by atoms with van der Waals surface area (Å²) >= 11 is 12.7. The highest BCUT2D eigenvalue weighted by atomic mass is 35.5. The van der Waals surface area contributed by atoms with Crippen LogP contribution < -0.4 is 5.32 Å². The summed E-state index contributed by atoms with van der Waals surface area (Å²) < 4.78 is 2.24. The fourth-order valence-electron chi connectivity index (χ4n) is 3.06. The Balaban J connectivity index is 1.86. The molecule has 1 heterocycles. The van der Waals surface area contributed by atoms with Gasteiger partial charge in [-0.15, -0.1) is 0 Å². The number of aromatic nitrogens is 1. The van der Waals surface area contributed by atoms with Crippen molar-refractivity contribution in [2.24, 2.45) is 5.92 Å². The molecule has 0 aliphatic heterocycles. The summed E-state index contributed by atoms with van der Waals surface area (Å²) in [6.07, 6.45) is 3.40. The van der Waals surface area contributed by atoms with Crippen molar-refractivity contribution in [1.82, 2.24) is 9.88 Å². The number of halogens is 2. The Morgan fingerprint density at radius 1 is 1.00 bits per heavy atom. The summed E-state index contributed by atoms with van der Waals surface area (Å²) in [5, 5.41) is 6.26. The minimum absolute atomic E-state index is 0.672. The molecule has 3 aromatic rings. The van der Waals surface area contributed by atoms with E-state index in [9.17, 15) is 0 Å². The Labute approximate surface area is 159 Å². The molecule has 3 rings (SSSR count). The van der Waals surface area contributed by atoms with Crippen LogP contribution in [-0.2, 0) is 13.1 Å². The lowest BCUT2D eigenvalue weighted by atomic mass is 10.1. The average molecular weight is 375 g/mol.